The molecule has 29 heavy (non-hydrogen) atoms. The van der Waals surface area contributed by atoms with E-state index >= 15 is 0 Å². The number of rotatable bonds is 5. The highest BCUT2D eigenvalue weighted by Crippen LogP contribution is 2.31. The molecule has 0 aliphatic carbocycles. The fourth-order valence-electron chi connectivity index (χ4n) is 3.63. The predicted octanol–water partition coefficient (Wildman–Crippen LogP) is 2.26. The second-order valence-corrected chi connectivity index (χ2v) is 7.41. The fourth-order valence-corrected chi connectivity index (χ4v) is 3.63. The van der Waals surface area contributed by atoms with E-state index in [0.29, 0.717) is 25.3 Å². The number of nitrogens with zero attached hydrogens (tertiary/aromatic N) is 2. The number of benzene rings is 1. The molecule has 0 bridgehead atoms. The molecule has 8 heteroatoms. The van der Waals surface area contributed by atoms with Crippen LogP contribution in [0.1, 0.15) is 34.7 Å². The van der Waals surface area contributed by atoms with E-state index in [1.807, 2.05) is 38.1 Å². The number of carboxylic acid groups (broad SMARTS) is 1. The molecule has 0 saturated carbocycles. The largest absolute Gasteiger partial charge is 0.483 e. The summed E-state index contributed by atoms with van der Waals surface area (Å²) in [5.74, 6) is 0.842. The van der Waals surface area contributed by atoms with Gasteiger partial charge in [0.15, 0.2) is 0 Å². The summed E-state index contributed by atoms with van der Waals surface area (Å²) in [7, 11) is 1.80. The molecular weight excluding hydrogens is 374 g/mol. The molecule has 8 nitrogen and oxygen atoms in total. The van der Waals surface area contributed by atoms with Crippen molar-refractivity contribution in [2.75, 3.05) is 33.4 Å². The van der Waals surface area contributed by atoms with Crippen LogP contribution < -0.4 is 0 Å². The van der Waals surface area contributed by atoms with Crippen molar-refractivity contribution in [3.63, 3.8) is 0 Å². The lowest BCUT2D eigenvalue weighted by atomic mass is 9.80. The molecule has 2 heterocycles. The maximum Gasteiger partial charge on any atom is 0.290 e. The van der Waals surface area contributed by atoms with Crippen molar-refractivity contribution in [1.82, 2.24) is 14.9 Å². The summed E-state index contributed by atoms with van der Waals surface area (Å²) in [5, 5.41) is 16.7. The van der Waals surface area contributed by atoms with Gasteiger partial charge in [0.05, 0.1) is 12.3 Å². The quantitative estimate of drug-likeness (QED) is 0.660. The maximum absolute atomic E-state index is 12.8. The zero-order chi connectivity index (χ0) is 21.4. The number of aliphatic hydroxyl groups is 1. The van der Waals surface area contributed by atoms with Crippen molar-refractivity contribution >= 4 is 12.4 Å². The first kappa shape index (κ1) is 22.6. The van der Waals surface area contributed by atoms with Gasteiger partial charge in [0, 0.05) is 49.0 Å². The monoisotopic (exact) mass is 403 g/mol. The van der Waals surface area contributed by atoms with Crippen molar-refractivity contribution in [3.8, 4) is 11.3 Å². The zero-order valence-electron chi connectivity index (χ0n) is 17.1. The molecule has 0 spiro atoms. The van der Waals surface area contributed by atoms with Crippen LogP contribution in [-0.2, 0) is 9.53 Å². The van der Waals surface area contributed by atoms with Crippen LogP contribution in [0.15, 0.2) is 24.3 Å². The zero-order valence-corrected chi connectivity index (χ0v) is 17.1. The predicted molar refractivity (Wildman–Crippen MR) is 109 cm³/mol. The van der Waals surface area contributed by atoms with Gasteiger partial charge in [0.25, 0.3) is 12.4 Å². The third-order valence-electron chi connectivity index (χ3n) is 5.22. The molecule has 158 valence electrons. The number of hydrogen-bond donors (Lipinski definition) is 3. The standard InChI is InChI=1S/C20H27N3O3.CH2O2/c1-14-18(22-15(2)21-14)16-4-6-17(7-5-16)19(25)23(3)12-20(13-24)8-10-26-11-9-20;2-1-3/h4-7,24H,8-13H2,1-3H3,(H,21,22);1H,(H,2,3). The van der Waals surface area contributed by atoms with E-state index in [4.69, 9.17) is 14.6 Å². The number of aliphatic hydroxyl groups excluding tert-OH is 1. The second kappa shape index (κ2) is 10.2. The first-order chi connectivity index (χ1) is 13.9. The van der Waals surface area contributed by atoms with E-state index < -0.39 is 0 Å². The highest BCUT2D eigenvalue weighted by atomic mass is 16.5. The van der Waals surface area contributed by atoms with E-state index in [0.717, 1.165) is 35.6 Å². The summed E-state index contributed by atoms with van der Waals surface area (Å²) in [6, 6.07) is 7.54. The minimum absolute atomic E-state index is 0.0363. The molecule has 0 atom stereocenters. The van der Waals surface area contributed by atoms with Gasteiger partial charge in [-0.2, -0.15) is 0 Å². The Morgan fingerprint density at radius 2 is 1.86 bits per heavy atom. The van der Waals surface area contributed by atoms with Crippen molar-refractivity contribution in [2.45, 2.75) is 26.7 Å². The molecule has 1 saturated heterocycles. The van der Waals surface area contributed by atoms with E-state index in [9.17, 15) is 9.90 Å². The Balaban J connectivity index is 0.000000941. The summed E-state index contributed by atoms with van der Waals surface area (Å²) in [6.07, 6.45) is 1.55. The van der Waals surface area contributed by atoms with Crippen LogP contribution in [0.3, 0.4) is 0 Å². The summed E-state index contributed by atoms with van der Waals surface area (Å²) in [4.78, 5) is 30.6. The lowest BCUT2D eigenvalue weighted by Crippen LogP contribution is -2.44. The van der Waals surface area contributed by atoms with Crippen LogP contribution in [0.5, 0.6) is 0 Å². The van der Waals surface area contributed by atoms with Crippen LogP contribution >= 0.6 is 0 Å². The van der Waals surface area contributed by atoms with Crippen LogP contribution in [0.4, 0.5) is 0 Å². The van der Waals surface area contributed by atoms with Crippen molar-refractivity contribution in [1.29, 1.82) is 0 Å². The van der Waals surface area contributed by atoms with Gasteiger partial charge in [0.2, 0.25) is 0 Å². The smallest absolute Gasteiger partial charge is 0.290 e. The Kier molecular flexibility index (Phi) is 7.92. The first-order valence-corrected chi connectivity index (χ1v) is 9.51. The van der Waals surface area contributed by atoms with Gasteiger partial charge >= 0.3 is 0 Å². The van der Waals surface area contributed by atoms with Gasteiger partial charge in [-0.15, -0.1) is 0 Å². The molecule has 1 aliphatic heterocycles. The normalized spacial score (nSPS) is 15.2. The van der Waals surface area contributed by atoms with Gasteiger partial charge in [-0.05, 0) is 38.8 Å². The maximum atomic E-state index is 12.8. The third-order valence-corrected chi connectivity index (χ3v) is 5.22. The molecule has 3 N–H and O–H groups in total. The molecule has 1 fully saturated rings. The minimum atomic E-state index is -0.258. The molecule has 1 aliphatic rings. The minimum Gasteiger partial charge on any atom is -0.483 e. The highest BCUT2D eigenvalue weighted by molar-refractivity contribution is 5.94. The van der Waals surface area contributed by atoms with Gasteiger partial charge in [-0.3, -0.25) is 9.59 Å². The molecule has 0 radical (unpaired) electrons. The summed E-state index contributed by atoms with van der Waals surface area (Å²) < 4.78 is 5.40. The Morgan fingerprint density at radius 3 is 2.34 bits per heavy atom. The number of aryl methyl sites for hydroxylation is 2. The molecule has 0 unspecified atom stereocenters. The highest BCUT2D eigenvalue weighted by Gasteiger charge is 2.34. The molecule has 3 rings (SSSR count). The summed E-state index contributed by atoms with van der Waals surface area (Å²) in [6.45, 7) is 5.55. The fraction of sp³-hybridized carbons (Fsp3) is 0.476. The number of carbonyl (C=O) groups excluding carboxylic acids is 1. The van der Waals surface area contributed by atoms with Gasteiger partial charge in [-0.25, -0.2) is 4.98 Å². The Morgan fingerprint density at radius 1 is 1.28 bits per heavy atom. The number of amides is 1. The Labute approximate surface area is 170 Å². The lowest BCUT2D eigenvalue weighted by Gasteiger charge is -2.38. The summed E-state index contributed by atoms with van der Waals surface area (Å²) >= 11 is 0. The van der Waals surface area contributed by atoms with Crippen LogP contribution in [0, 0.1) is 19.3 Å². The van der Waals surface area contributed by atoms with E-state index in [-0.39, 0.29) is 24.4 Å². The van der Waals surface area contributed by atoms with E-state index in [1.165, 1.54) is 0 Å². The molecule has 1 aromatic carbocycles. The number of ether oxygens (including phenoxy) is 1. The SMILES string of the molecule is Cc1nc(-c2ccc(C(=O)N(C)CC3(CO)CCOCC3)cc2)c(C)[nH]1.O=CO. The van der Waals surface area contributed by atoms with Crippen LogP contribution in [-0.4, -0.2) is 70.9 Å². The van der Waals surface area contributed by atoms with Crippen molar-refractivity contribution < 1.29 is 24.5 Å². The number of aromatic nitrogens is 2. The number of aromatic amines is 1. The van der Waals surface area contributed by atoms with Gasteiger partial charge in [0.1, 0.15) is 5.82 Å². The number of nitrogens with one attached hydrogen (secondary N) is 1. The van der Waals surface area contributed by atoms with Crippen LogP contribution in [0.2, 0.25) is 0 Å². The second-order valence-electron chi connectivity index (χ2n) is 7.41. The molecule has 1 aromatic heterocycles. The molecular formula is C21H29N3O5. The number of imidazole rings is 1. The molecule has 1 amide bonds. The number of H-pyrrole nitrogens is 1. The number of hydrogen-bond acceptors (Lipinski definition) is 5. The van der Waals surface area contributed by atoms with Gasteiger partial charge < -0.3 is 24.8 Å². The Bertz CT molecular complexity index is 810. The van der Waals surface area contributed by atoms with Crippen LogP contribution in [0.25, 0.3) is 11.3 Å². The average molecular weight is 403 g/mol. The van der Waals surface area contributed by atoms with Crippen molar-refractivity contribution in [2.24, 2.45) is 5.41 Å². The van der Waals surface area contributed by atoms with Gasteiger partial charge in [-0.1, -0.05) is 12.1 Å². The third kappa shape index (κ3) is 5.65. The topological polar surface area (TPSA) is 116 Å². The lowest BCUT2D eigenvalue weighted by molar-refractivity contribution is -0.122. The first-order valence-electron chi connectivity index (χ1n) is 9.51. The summed E-state index contributed by atoms with van der Waals surface area (Å²) in [5.41, 5.74) is 3.30. The Hall–Kier alpha value is -2.71. The molecule has 2 aromatic rings. The van der Waals surface area contributed by atoms with Crippen molar-refractivity contribution in [3.05, 3.63) is 41.3 Å². The number of carbonyl (C=O) groups is 2. The van der Waals surface area contributed by atoms with E-state index in [2.05, 4.69) is 9.97 Å². The van der Waals surface area contributed by atoms with E-state index in [1.54, 1.807) is 11.9 Å². The average Bonchev–Trinajstić information content (AvgIpc) is 3.07.